The van der Waals surface area contributed by atoms with Gasteiger partial charge >= 0.3 is 5.97 Å². The number of carbonyl (C=O) groups excluding carboxylic acids is 1. The van der Waals surface area contributed by atoms with E-state index in [1.807, 2.05) is 6.92 Å². The summed E-state index contributed by atoms with van der Waals surface area (Å²) >= 11 is 0. The van der Waals surface area contributed by atoms with Crippen LogP contribution in [-0.4, -0.2) is 29.1 Å². The average Bonchev–Trinajstić information content (AvgIpc) is 2.21. The number of carboxylic acid groups (broad SMARTS) is 1. The summed E-state index contributed by atoms with van der Waals surface area (Å²) in [6.07, 6.45) is 2.80. The second-order valence-corrected chi connectivity index (χ2v) is 3.56. The van der Waals surface area contributed by atoms with Crippen molar-refractivity contribution in [2.75, 3.05) is 0 Å². The number of carbonyl (C=O) groups is 2. The van der Waals surface area contributed by atoms with E-state index in [2.05, 4.69) is 5.32 Å². The van der Waals surface area contributed by atoms with E-state index in [4.69, 9.17) is 10.8 Å². The smallest absolute Gasteiger partial charge is 0.326 e. The predicted octanol–water partition coefficient (Wildman–Crippen LogP) is 0.483. The highest BCUT2D eigenvalue weighted by atomic mass is 16.4. The van der Waals surface area contributed by atoms with Crippen LogP contribution in [0.3, 0.4) is 0 Å². The Morgan fingerprint density at radius 3 is 2.40 bits per heavy atom. The maximum absolute atomic E-state index is 11.4. The highest BCUT2D eigenvalue weighted by Crippen LogP contribution is 1.99. The molecule has 5 nitrogen and oxygen atoms in total. The second-order valence-electron chi connectivity index (χ2n) is 3.56. The quantitative estimate of drug-likeness (QED) is 0.577. The number of hydrogen-bond donors (Lipinski definition) is 3. The molecule has 1 amide bonds. The zero-order valence-electron chi connectivity index (χ0n) is 9.32. The summed E-state index contributed by atoms with van der Waals surface area (Å²) in [6, 6.07) is -1.43. The largest absolute Gasteiger partial charge is 0.480 e. The normalized spacial score (nSPS) is 14.3. The van der Waals surface area contributed by atoms with Crippen LogP contribution in [0.4, 0.5) is 0 Å². The Morgan fingerprint density at radius 2 is 2.00 bits per heavy atom. The first-order valence-electron chi connectivity index (χ1n) is 5.31. The van der Waals surface area contributed by atoms with Crippen LogP contribution in [0, 0.1) is 0 Å². The SMILES string of the molecule is CCCCC(N)C(=O)N[C@@H](CC)C(=O)O. The Bertz CT molecular complexity index is 219. The molecule has 0 aliphatic carbocycles. The van der Waals surface area contributed by atoms with Crippen LogP contribution in [0.25, 0.3) is 0 Å². The fourth-order valence-corrected chi connectivity index (χ4v) is 1.17. The van der Waals surface area contributed by atoms with Crippen LogP contribution in [0.1, 0.15) is 39.5 Å². The van der Waals surface area contributed by atoms with E-state index in [-0.39, 0.29) is 5.91 Å². The highest BCUT2D eigenvalue weighted by Gasteiger charge is 2.20. The van der Waals surface area contributed by atoms with Gasteiger partial charge in [0, 0.05) is 0 Å². The van der Waals surface area contributed by atoms with Gasteiger partial charge in [-0.1, -0.05) is 26.7 Å². The number of nitrogens with one attached hydrogen (secondary N) is 1. The fraction of sp³-hybridized carbons (Fsp3) is 0.800. The minimum absolute atomic E-state index is 0.363. The van der Waals surface area contributed by atoms with Crippen LogP contribution < -0.4 is 11.1 Å². The first-order chi connectivity index (χ1) is 7.02. The van der Waals surface area contributed by atoms with Gasteiger partial charge in [-0.15, -0.1) is 0 Å². The standard InChI is InChI=1S/C10H20N2O3/c1-3-5-6-7(11)9(13)12-8(4-2)10(14)15/h7-8H,3-6,11H2,1-2H3,(H,12,13)(H,14,15)/t7?,8-/m0/s1. The molecule has 0 bridgehead atoms. The molecule has 0 saturated carbocycles. The van der Waals surface area contributed by atoms with E-state index in [9.17, 15) is 9.59 Å². The van der Waals surface area contributed by atoms with Crippen molar-refractivity contribution in [2.45, 2.75) is 51.6 Å². The van der Waals surface area contributed by atoms with E-state index in [1.165, 1.54) is 0 Å². The molecule has 0 radical (unpaired) electrons. The van der Waals surface area contributed by atoms with Gasteiger partial charge < -0.3 is 16.2 Å². The summed E-state index contributed by atoms with van der Waals surface area (Å²) in [4.78, 5) is 22.1. The molecular weight excluding hydrogens is 196 g/mol. The van der Waals surface area contributed by atoms with Crippen LogP contribution in [-0.2, 0) is 9.59 Å². The van der Waals surface area contributed by atoms with Crippen molar-refractivity contribution in [3.63, 3.8) is 0 Å². The lowest BCUT2D eigenvalue weighted by Gasteiger charge is -2.16. The molecule has 88 valence electrons. The van der Waals surface area contributed by atoms with Gasteiger partial charge in [0.05, 0.1) is 6.04 Å². The van der Waals surface area contributed by atoms with Crippen molar-refractivity contribution in [3.05, 3.63) is 0 Å². The summed E-state index contributed by atoms with van der Waals surface area (Å²) in [5.41, 5.74) is 5.60. The molecule has 0 rings (SSSR count). The van der Waals surface area contributed by atoms with E-state index in [0.29, 0.717) is 12.8 Å². The van der Waals surface area contributed by atoms with Gasteiger partial charge in [-0.2, -0.15) is 0 Å². The van der Waals surface area contributed by atoms with E-state index in [0.717, 1.165) is 12.8 Å². The minimum atomic E-state index is -1.02. The van der Waals surface area contributed by atoms with E-state index in [1.54, 1.807) is 6.92 Å². The van der Waals surface area contributed by atoms with Gasteiger partial charge in [-0.25, -0.2) is 4.79 Å². The third-order valence-electron chi connectivity index (χ3n) is 2.23. The van der Waals surface area contributed by atoms with Crippen molar-refractivity contribution in [1.29, 1.82) is 0 Å². The number of rotatable bonds is 7. The van der Waals surface area contributed by atoms with Gasteiger partial charge in [0.25, 0.3) is 0 Å². The first-order valence-corrected chi connectivity index (χ1v) is 5.31. The molecule has 0 spiro atoms. The fourth-order valence-electron chi connectivity index (χ4n) is 1.17. The molecule has 15 heavy (non-hydrogen) atoms. The van der Waals surface area contributed by atoms with Crippen LogP contribution in [0.2, 0.25) is 0 Å². The van der Waals surface area contributed by atoms with Crippen molar-refractivity contribution >= 4 is 11.9 Å². The van der Waals surface area contributed by atoms with Crippen LogP contribution in [0.15, 0.2) is 0 Å². The lowest BCUT2D eigenvalue weighted by atomic mass is 10.1. The highest BCUT2D eigenvalue weighted by molar-refractivity contribution is 5.86. The summed E-state index contributed by atoms with van der Waals surface area (Å²) < 4.78 is 0. The lowest BCUT2D eigenvalue weighted by Crippen LogP contribution is -2.48. The minimum Gasteiger partial charge on any atom is -0.480 e. The van der Waals surface area contributed by atoms with Gasteiger partial charge in [-0.3, -0.25) is 4.79 Å². The topological polar surface area (TPSA) is 92.4 Å². The molecule has 5 heteroatoms. The number of amides is 1. The zero-order valence-corrected chi connectivity index (χ0v) is 9.32. The molecule has 0 aromatic carbocycles. The Morgan fingerprint density at radius 1 is 1.40 bits per heavy atom. The molecule has 0 aliphatic heterocycles. The van der Waals surface area contributed by atoms with Gasteiger partial charge in [0.2, 0.25) is 5.91 Å². The second kappa shape index (κ2) is 7.23. The lowest BCUT2D eigenvalue weighted by molar-refractivity contribution is -0.142. The molecular formula is C10H20N2O3. The van der Waals surface area contributed by atoms with E-state index < -0.39 is 18.1 Å². The molecule has 2 atom stereocenters. The van der Waals surface area contributed by atoms with Crippen molar-refractivity contribution < 1.29 is 14.7 Å². The summed E-state index contributed by atoms with van der Waals surface area (Å²) in [6.45, 7) is 3.72. The molecule has 0 aromatic heterocycles. The van der Waals surface area contributed by atoms with Crippen LogP contribution in [0.5, 0.6) is 0 Å². The molecule has 0 heterocycles. The Kier molecular flexibility index (Phi) is 6.70. The Hall–Kier alpha value is -1.10. The van der Waals surface area contributed by atoms with Crippen molar-refractivity contribution in [1.82, 2.24) is 5.32 Å². The number of aliphatic carboxylic acids is 1. The zero-order chi connectivity index (χ0) is 11.8. The molecule has 0 fully saturated rings. The average molecular weight is 216 g/mol. The number of unbranched alkanes of at least 4 members (excludes halogenated alkanes) is 1. The summed E-state index contributed by atoms with van der Waals surface area (Å²) in [5, 5.41) is 11.1. The maximum Gasteiger partial charge on any atom is 0.326 e. The number of carboxylic acids is 1. The third kappa shape index (κ3) is 5.37. The maximum atomic E-state index is 11.4. The predicted molar refractivity (Wildman–Crippen MR) is 57.4 cm³/mol. The monoisotopic (exact) mass is 216 g/mol. The molecule has 1 unspecified atom stereocenters. The van der Waals surface area contributed by atoms with Gasteiger partial charge in [-0.05, 0) is 12.8 Å². The molecule has 0 aromatic rings. The molecule has 0 saturated heterocycles. The first kappa shape index (κ1) is 13.9. The number of nitrogens with two attached hydrogens (primary N) is 1. The number of hydrogen-bond acceptors (Lipinski definition) is 3. The summed E-state index contributed by atoms with van der Waals surface area (Å²) in [5.74, 6) is -1.40. The van der Waals surface area contributed by atoms with Gasteiger partial charge in [0.1, 0.15) is 6.04 Å². The summed E-state index contributed by atoms with van der Waals surface area (Å²) in [7, 11) is 0. The van der Waals surface area contributed by atoms with Crippen molar-refractivity contribution in [2.24, 2.45) is 5.73 Å². The Balaban J connectivity index is 4.04. The van der Waals surface area contributed by atoms with E-state index >= 15 is 0 Å². The third-order valence-corrected chi connectivity index (χ3v) is 2.23. The molecule has 0 aliphatic rings. The van der Waals surface area contributed by atoms with Gasteiger partial charge in [0.15, 0.2) is 0 Å². The molecule has 4 N–H and O–H groups in total. The van der Waals surface area contributed by atoms with Crippen LogP contribution >= 0.6 is 0 Å². The Labute approximate surface area is 90.0 Å². The van der Waals surface area contributed by atoms with Crippen molar-refractivity contribution in [3.8, 4) is 0 Å².